The van der Waals surface area contributed by atoms with Gasteiger partial charge < -0.3 is 19.7 Å². The van der Waals surface area contributed by atoms with Gasteiger partial charge in [0.2, 0.25) is 0 Å². The van der Waals surface area contributed by atoms with E-state index in [4.69, 9.17) is 9.47 Å². The van der Waals surface area contributed by atoms with Crippen LogP contribution >= 0.6 is 0 Å². The van der Waals surface area contributed by atoms with Gasteiger partial charge in [0, 0.05) is 6.42 Å². The fourth-order valence-corrected chi connectivity index (χ4v) is 2.09. The molecular formula is C16H24O4Si. The Kier molecular flexibility index (Phi) is 6.76. The molecule has 0 radical (unpaired) electrons. The summed E-state index contributed by atoms with van der Waals surface area (Å²) in [5.74, 6) is 4.19. The van der Waals surface area contributed by atoms with Gasteiger partial charge in [0.1, 0.15) is 25.7 Å². The normalized spacial score (nSPS) is 13.8. The number of aliphatic hydroxyl groups is 2. The first-order chi connectivity index (χ1) is 9.81. The second-order valence-corrected chi connectivity index (χ2v) is 10.6. The van der Waals surface area contributed by atoms with Gasteiger partial charge in [-0.15, -0.1) is 5.54 Å². The summed E-state index contributed by atoms with van der Waals surface area (Å²) in [7, 11) is 0.0721. The van der Waals surface area contributed by atoms with Crippen LogP contribution in [0.15, 0.2) is 24.3 Å². The van der Waals surface area contributed by atoms with E-state index >= 15 is 0 Å². The van der Waals surface area contributed by atoms with Crippen LogP contribution in [-0.4, -0.2) is 44.2 Å². The molecule has 1 rings (SSSR count). The van der Waals surface area contributed by atoms with E-state index in [0.29, 0.717) is 18.8 Å². The lowest BCUT2D eigenvalue weighted by molar-refractivity contribution is 0.0392. The third kappa shape index (κ3) is 7.18. The van der Waals surface area contributed by atoms with Crippen LogP contribution in [0, 0.1) is 11.5 Å². The lowest BCUT2D eigenvalue weighted by Gasteiger charge is -2.14. The van der Waals surface area contributed by atoms with Gasteiger partial charge in [0.15, 0.2) is 0 Å². The summed E-state index contributed by atoms with van der Waals surface area (Å²) >= 11 is 0. The molecule has 5 heteroatoms. The Morgan fingerprint density at radius 3 is 2.19 bits per heavy atom. The average molecular weight is 308 g/mol. The van der Waals surface area contributed by atoms with Crippen LogP contribution in [0.25, 0.3) is 0 Å². The molecule has 21 heavy (non-hydrogen) atoms. The molecule has 1 aromatic rings. The van der Waals surface area contributed by atoms with Crippen molar-refractivity contribution in [3.63, 3.8) is 0 Å². The minimum atomic E-state index is -1.53. The topological polar surface area (TPSA) is 58.9 Å². The highest BCUT2D eigenvalue weighted by molar-refractivity contribution is 6.83. The first-order valence-corrected chi connectivity index (χ1v) is 10.5. The highest BCUT2D eigenvalue weighted by Gasteiger charge is 2.15. The van der Waals surface area contributed by atoms with Crippen molar-refractivity contribution in [3.8, 4) is 23.0 Å². The van der Waals surface area contributed by atoms with E-state index in [1.165, 1.54) is 0 Å². The van der Waals surface area contributed by atoms with Crippen molar-refractivity contribution >= 4 is 8.07 Å². The molecule has 0 fully saturated rings. The third-order valence-electron chi connectivity index (χ3n) is 2.70. The molecule has 0 aliphatic rings. The number of aliphatic hydroxyl groups excluding tert-OH is 2. The van der Waals surface area contributed by atoms with Crippen molar-refractivity contribution in [2.75, 3.05) is 13.7 Å². The maximum absolute atomic E-state index is 9.84. The Morgan fingerprint density at radius 1 is 1.10 bits per heavy atom. The quantitative estimate of drug-likeness (QED) is 0.624. The third-order valence-corrected chi connectivity index (χ3v) is 3.60. The first-order valence-electron chi connectivity index (χ1n) is 6.97. The summed E-state index contributed by atoms with van der Waals surface area (Å²) in [6, 6.07) is 7.21. The molecule has 0 amide bonds. The zero-order valence-electron chi connectivity index (χ0n) is 13.1. The molecule has 0 spiro atoms. The summed E-state index contributed by atoms with van der Waals surface area (Å²) in [6.07, 6.45) is -1.59. The van der Waals surface area contributed by atoms with Crippen molar-refractivity contribution < 1.29 is 19.7 Å². The number of hydrogen-bond donors (Lipinski definition) is 2. The summed E-state index contributed by atoms with van der Waals surface area (Å²) in [6.45, 7) is 6.59. The van der Waals surface area contributed by atoms with Gasteiger partial charge in [-0.2, -0.15) is 0 Å². The van der Waals surface area contributed by atoms with Crippen LogP contribution in [0.3, 0.4) is 0 Å². The zero-order chi connectivity index (χ0) is 15.9. The molecule has 0 aliphatic carbocycles. The van der Waals surface area contributed by atoms with Gasteiger partial charge in [-0.05, 0) is 24.3 Å². The number of hydrogen-bond acceptors (Lipinski definition) is 4. The highest BCUT2D eigenvalue weighted by atomic mass is 28.3. The molecule has 0 saturated carbocycles. The summed E-state index contributed by atoms with van der Waals surface area (Å²) in [5, 5.41) is 19.6. The molecule has 4 nitrogen and oxygen atoms in total. The van der Waals surface area contributed by atoms with Gasteiger partial charge >= 0.3 is 0 Å². The van der Waals surface area contributed by atoms with Crippen LogP contribution in [0.2, 0.25) is 19.6 Å². The molecular weight excluding hydrogens is 284 g/mol. The number of rotatable bonds is 6. The lowest BCUT2D eigenvalue weighted by Crippen LogP contribution is -2.27. The average Bonchev–Trinajstić information content (AvgIpc) is 2.44. The van der Waals surface area contributed by atoms with Crippen LogP contribution < -0.4 is 9.47 Å². The van der Waals surface area contributed by atoms with E-state index in [-0.39, 0.29) is 0 Å². The molecule has 0 aliphatic heterocycles. The summed E-state index contributed by atoms with van der Waals surface area (Å²) in [4.78, 5) is 0. The largest absolute Gasteiger partial charge is 0.497 e. The first kappa shape index (κ1) is 17.6. The Hall–Kier alpha value is -1.48. The van der Waals surface area contributed by atoms with Gasteiger partial charge in [-0.25, -0.2) is 0 Å². The van der Waals surface area contributed by atoms with Crippen LogP contribution in [0.4, 0.5) is 0 Å². The Morgan fingerprint density at radius 2 is 1.67 bits per heavy atom. The van der Waals surface area contributed by atoms with Gasteiger partial charge in [-0.3, -0.25) is 0 Å². The minimum absolute atomic E-state index is 0.319. The second-order valence-electron chi connectivity index (χ2n) is 5.84. The van der Waals surface area contributed by atoms with E-state index in [2.05, 4.69) is 31.1 Å². The van der Waals surface area contributed by atoms with Gasteiger partial charge in [-0.1, -0.05) is 25.6 Å². The lowest BCUT2D eigenvalue weighted by atomic mass is 10.1. The molecule has 2 N–H and O–H groups in total. The van der Waals surface area contributed by atoms with Crippen molar-refractivity contribution in [2.24, 2.45) is 0 Å². The van der Waals surface area contributed by atoms with E-state index in [9.17, 15) is 10.2 Å². The number of ether oxygens (including phenoxy) is 2. The number of benzene rings is 1. The fraction of sp³-hybridized carbons (Fsp3) is 0.500. The SMILES string of the molecule is COc1ccc(OCCC(O)C(O)C#C[Si](C)(C)C)cc1. The summed E-state index contributed by atoms with van der Waals surface area (Å²) in [5.41, 5.74) is 3.05. The molecule has 0 saturated heterocycles. The van der Waals surface area contributed by atoms with Gasteiger partial charge in [0.05, 0.1) is 19.8 Å². The smallest absolute Gasteiger partial charge is 0.140 e. The van der Waals surface area contributed by atoms with Crippen molar-refractivity contribution in [1.82, 2.24) is 0 Å². The summed E-state index contributed by atoms with van der Waals surface area (Å²) < 4.78 is 10.6. The van der Waals surface area contributed by atoms with Crippen molar-refractivity contribution in [1.29, 1.82) is 0 Å². The second kappa shape index (κ2) is 8.08. The molecule has 116 valence electrons. The molecule has 2 unspecified atom stereocenters. The van der Waals surface area contributed by atoms with E-state index in [1.54, 1.807) is 31.4 Å². The molecule has 1 aromatic carbocycles. The number of methoxy groups -OCH3 is 1. The Labute approximate surface area is 127 Å². The molecule has 2 atom stereocenters. The van der Waals surface area contributed by atoms with E-state index < -0.39 is 20.3 Å². The Balaban J connectivity index is 2.38. The van der Waals surface area contributed by atoms with Crippen molar-refractivity contribution in [3.05, 3.63) is 24.3 Å². The zero-order valence-corrected chi connectivity index (χ0v) is 14.1. The minimum Gasteiger partial charge on any atom is -0.497 e. The van der Waals surface area contributed by atoms with Crippen molar-refractivity contribution in [2.45, 2.75) is 38.3 Å². The van der Waals surface area contributed by atoms with E-state index in [0.717, 1.165) is 5.75 Å². The highest BCUT2D eigenvalue weighted by Crippen LogP contribution is 2.17. The van der Waals surface area contributed by atoms with Gasteiger partial charge in [0.25, 0.3) is 0 Å². The maximum Gasteiger partial charge on any atom is 0.140 e. The molecule has 0 bridgehead atoms. The van der Waals surface area contributed by atoms with E-state index in [1.807, 2.05) is 0 Å². The predicted octanol–water partition coefficient (Wildman–Crippen LogP) is 2.07. The monoisotopic (exact) mass is 308 g/mol. The predicted molar refractivity (Wildman–Crippen MR) is 86.2 cm³/mol. The Bertz CT molecular complexity index is 482. The van der Waals surface area contributed by atoms with Crippen LogP contribution in [0.5, 0.6) is 11.5 Å². The fourth-order valence-electron chi connectivity index (χ4n) is 1.51. The van der Waals surface area contributed by atoms with Crippen LogP contribution in [0.1, 0.15) is 6.42 Å². The van der Waals surface area contributed by atoms with Crippen LogP contribution in [-0.2, 0) is 0 Å². The maximum atomic E-state index is 9.84. The standard InChI is InChI=1S/C16H24O4Si/c1-19-13-5-7-14(8-6-13)20-11-9-15(17)16(18)10-12-21(2,3)4/h5-8,15-18H,9,11H2,1-4H3. The molecule has 0 heterocycles. The molecule has 0 aromatic heterocycles.